The highest BCUT2D eigenvalue weighted by Crippen LogP contribution is 2.51. The van der Waals surface area contributed by atoms with Gasteiger partial charge in [0.1, 0.15) is 6.61 Å². The fraction of sp³-hybridized carbons (Fsp3) is 0.462. The molecule has 1 amide bonds. The minimum Gasteiger partial charge on any atom is -0.445 e. The number of ether oxygens (including phenoxy) is 1. The van der Waals surface area contributed by atoms with Crippen LogP contribution in [0.15, 0.2) is 30.3 Å². The number of hydrogen-bond acceptors (Lipinski definition) is 3. The van der Waals surface area contributed by atoms with Crippen LogP contribution in [0.2, 0.25) is 0 Å². The first-order valence-electron chi connectivity index (χ1n) is 5.91. The molecule has 1 aliphatic heterocycles. The molecule has 1 saturated carbocycles. The predicted octanol–water partition coefficient (Wildman–Crippen LogP) is 1.36. The van der Waals surface area contributed by atoms with Gasteiger partial charge in [-0.05, 0) is 12.0 Å². The molecule has 0 bridgehead atoms. The summed E-state index contributed by atoms with van der Waals surface area (Å²) in [5.74, 6) is 0. The van der Waals surface area contributed by atoms with Gasteiger partial charge in [0, 0.05) is 24.5 Å². The number of amides is 1. The smallest absolute Gasteiger partial charge is 0.410 e. The van der Waals surface area contributed by atoms with Gasteiger partial charge in [0.15, 0.2) is 0 Å². The normalized spacial score (nSPS) is 24.3. The van der Waals surface area contributed by atoms with Crippen molar-refractivity contribution in [3.8, 4) is 0 Å². The van der Waals surface area contributed by atoms with Crippen LogP contribution in [-0.2, 0) is 11.3 Å². The maximum Gasteiger partial charge on any atom is 0.410 e. The van der Waals surface area contributed by atoms with Gasteiger partial charge in [-0.2, -0.15) is 0 Å². The van der Waals surface area contributed by atoms with E-state index in [1.54, 1.807) is 4.90 Å². The monoisotopic (exact) mass is 232 g/mol. The third-order valence-electron chi connectivity index (χ3n) is 3.73. The first-order chi connectivity index (χ1) is 8.20. The molecular weight excluding hydrogens is 216 g/mol. The number of likely N-dealkylation sites (tertiary alicyclic amines) is 1. The zero-order valence-electron chi connectivity index (χ0n) is 9.63. The van der Waals surface area contributed by atoms with E-state index in [4.69, 9.17) is 10.5 Å². The van der Waals surface area contributed by atoms with E-state index < -0.39 is 0 Å². The largest absolute Gasteiger partial charge is 0.445 e. The van der Waals surface area contributed by atoms with E-state index in [1.165, 1.54) is 0 Å². The van der Waals surface area contributed by atoms with Crippen LogP contribution in [0, 0.1) is 5.41 Å². The van der Waals surface area contributed by atoms with E-state index in [2.05, 4.69) is 0 Å². The molecule has 4 heteroatoms. The highest BCUT2D eigenvalue weighted by atomic mass is 16.6. The summed E-state index contributed by atoms with van der Waals surface area (Å²) in [6.45, 7) is 1.87. The lowest BCUT2D eigenvalue weighted by atomic mass is 9.97. The van der Waals surface area contributed by atoms with Crippen molar-refractivity contribution in [2.75, 3.05) is 13.1 Å². The first-order valence-corrected chi connectivity index (χ1v) is 5.91. The van der Waals surface area contributed by atoms with Gasteiger partial charge in [-0.25, -0.2) is 4.79 Å². The summed E-state index contributed by atoms with van der Waals surface area (Å²) in [5, 5.41) is 0. The number of benzene rings is 1. The number of rotatable bonds is 2. The van der Waals surface area contributed by atoms with Gasteiger partial charge < -0.3 is 15.4 Å². The molecule has 0 aromatic heterocycles. The summed E-state index contributed by atoms with van der Waals surface area (Å²) in [6, 6.07) is 10.00. The van der Waals surface area contributed by atoms with Gasteiger partial charge in [0.2, 0.25) is 0 Å². The number of nitrogens with zero attached hydrogens (tertiary/aromatic N) is 1. The van der Waals surface area contributed by atoms with E-state index >= 15 is 0 Å². The fourth-order valence-electron chi connectivity index (χ4n) is 2.40. The molecule has 2 fully saturated rings. The van der Waals surface area contributed by atoms with Crippen molar-refractivity contribution in [1.82, 2.24) is 4.90 Å². The fourth-order valence-corrected chi connectivity index (χ4v) is 2.40. The van der Waals surface area contributed by atoms with Crippen molar-refractivity contribution in [2.24, 2.45) is 11.1 Å². The van der Waals surface area contributed by atoms with E-state index in [-0.39, 0.29) is 11.5 Å². The van der Waals surface area contributed by atoms with E-state index in [1.807, 2.05) is 30.3 Å². The van der Waals surface area contributed by atoms with Crippen LogP contribution in [-0.4, -0.2) is 30.1 Å². The second-order valence-electron chi connectivity index (χ2n) is 5.07. The molecule has 3 rings (SSSR count). The lowest BCUT2D eigenvalue weighted by molar-refractivity contribution is 0.0390. The molecule has 90 valence electrons. The molecule has 1 saturated heterocycles. The van der Waals surface area contributed by atoms with Crippen LogP contribution in [0.5, 0.6) is 0 Å². The zero-order valence-corrected chi connectivity index (χ0v) is 9.63. The highest BCUT2D eigenvalue weighted by Gasteiger charge is 2.61. The molecule has 2 aliphatic rings. The maximum atomic E-state index is 11.7. The van der Waals surface area contributed by atoms with Crippen LogP contribution in [0.4, 0.5) is 4.79 Å². The second-order valence-corrected chi connectivity index (χ2v) is 5.07. The van der Waals surface area contributed by atoms with E-state index in [0.717, 1.165) is 25.1 Å². The van der Waals surface area contributed by atoms with Crippen molar-refractivity contribution < 1.29 is 9.53 Å². The molecule has 4 nitrogen and oxygen atoms in total. The molecule has 1 aromatic rings. The Balaban J connectivity index is 1.46. The standard InChI is InChI=1S/C13H16N2O2/c14-11-6-13(11)8-15(9-13)12(16)17-7-10-4-2-1-3-5-10/h1-5,11H,6-9,14H2/t11-/m1/s1. The van der Waals surface area contributed by atoms with Crippen molar-refractivity contribution in [3.63, 3.8) is 0 Å². The molecule has 1 heterocycles. The first kappa shape index (κ1) is 10.6. The molecule has 1 atom stereocenters. The third-order valence-corrected chi connectivity index (χ3v) is 3.73. The number of nitrogens with two attached hydrogens (primary N) is 1. The Labute approximate surface area is 100 Å². The number of carbonyl (C=O) groups is 1. The van der Waals surface area contributed by atoms with Crippen LogP contribution < -0.4 is 5.73 Å². The summed E-state index contributed by atoms with van der Waals surface area (Å²) in [4.78, 5) is 13.4. The molecule has 2 N–H and O–H groups in total. The van der Waals surface area contributed by atoms with Gasteiger partial charge in [-0.1, -0.05) is 30.3 Å². The molecular formula is C13H16N2O2. The number of carbonyl (C=O) groups excluding carboxylic acids is 1. The average Bonchev–Trinajstić information content (AvgIpc) is 2.97. The topological polar surface area (TPSA) is 55.6 Å². The minimum absolute atomic E-state index is 0.224. The predicted molar refractivity (Wildman–Crippen MR) is 63.2 cm³/mol. The van der Waals surface area contributed by atoms with Gasteiger partial charge >= 0.3 is 6.09 Å². The SMILES string of the molecule is N[C@@H]1CC12CN(C(=O)OCc1ccccc1)C2. The molecule has 1 spiro atoms. The van der Waals surface area contributed by atoms with Crippen LogP contribution in [0.1, 0.15) is 12.0 Å². The van der Waals surface area contributed by atoms with Crippen molar-refractivity contribution >= 4 is 6.09 Å². The van der Waals surface area contributed by atoms with Crippen LogP contribution >= 0.6 is 0 Å². The highest BCUT2D eigenvalue weighted by molar-refractivity contribution is 5.69. The second kappa shape index (κ2) is 3.74. The Bertz CT molecular complexity index is 426. The zero-order chi connectivity index (χ0) is 11.9. The van der Waals surface area contributed by atoms with Gasteiger partial charge in [0.05, 0.1) is 0 Å². The Kier molecular flexibility index (Phi) is 2.33. The lowest BCUT2D eigenvalue weighted by Crippen LogP contribution is -2.54. The van der Waals surface area contributed by atoms with E-state index in [0.29, 0.717) is 12.6 Å². The third kappa shape index (κ3) is 1.89. The average molecular weight is 232 g/mol. The van der Waals surface area contributed by atoms with Crippen molar-refractivity contribution in [1.29, 1.82) is 0 Å². The summed E-state index contributed by atoms with van der Waals surface area (Å²) in [6.07, 6.45) is 0.828. The van der Waals surface area contributed by atoms with Gasteiger partial charge in [-0.15, -0.1) is 0 Å². The summed E-state index contributed by atoms with van der Waals surface area (Å²) >= 11 is 0. The number of hydrogen-bond donors (Lipinski definition) is 1. The van der Waals surface area contributed by atoms with Crippen molar-refractivity contribution in [2.45, 2.75) is 19.1 Å². The molecule has 1 aromatic carbocycles. The van der Waals surface area contributed by atoms with E-state index in [9.17, 15) is 4.79 Å². The van der Waals surface area contributed by atoms with Crippen LogP contribution in [0.3, 0.4) is 0 Å². The van der Waals surface area contributed by atoms with Gasteiger partial charge in [-0.3, -0.25) is 0 Å². The molecule has 0 unspecified atom stereocenters. The molecule has 17 heavy (non-hydrogen) atoms. The minimum atomic E-state index is -0.224. The molecule has 0 radical (unpaired) electrons. The summed E-state index contributed by atoms with van der Waals surface area (Å²) in [5.41, 5.74) is 7.07. The molecule has 1 aliphatic carbocycles. The van der Waals surface area contributed by atoms with Crippen molar-refractivity contribution in [3.05, 3.63) is 35.9 Å². The summed E-state index contributed by atoms with van der Waals surface area (Å²) < 4.78 is 5.23. The Morgan fingerprint density at radius 1 is 1.41 bits per heavy atom. The van der Waals surface area contributed by atoms with Crippen LogP contribution in [0.25, 0.3) is 0 Å². The Hall–Kier alpha value is -1.55. The Morgan fingerprint density at radius 3 is 2.65 bits per heavy atom. The summed E-state index contributed by atoms with van der Waals surface area (Å²) in [7, 11) is 0. The quantitative estimate of drug-likeness (QED) is 0.837. The lowest BCUT2D eigenvalue weighted by Gasteiger charge is -2.39. The van der Waals surface area contributed by atoms with Gasteiger partial charge in [0.25, 0.3) is 0 Å². The Morgan fingerprint density at radius 2 is 2.06 bits per heavy atom. The maximum absolute atomic E-state index is 11.7.